The third-order valence-corrected chi connectivity index (χ3v) is 8.61. The summed E-state index contributed by atoms with van der Waals surface area (Å²) in [6.07, 6.45) is 1.29. The Morgan fingerprint density at radius 3 is 2.57 bits per heavy atom. The lowest BCUT2D eigenvalue weighted by atomic mass is 9.97. The van der Waals surface area contributed by atoms with Gasteiger partial charge in [-0.15, -0.1) is 11.3 Å². The Bertz CT molecular complexity index is 2000. The van der Waals surface area contributed by atoms with Crippen molar-refractivity contribution >= 4 is 34.8 Å². The van der Waals surface area contributed by atoms with Crippen molar-refractivity contribution in [3.8, 4) is 10.6 Å². The minimum absolute atomic E-state index is 0.0126. The Kier molecular flexibility index (Phi) is 8.15. The summed E-state index contributed by atoms with van der Waals surface area (Å²) in [5.41, 5.74) is 3.89. The Labute approximate surface area is 267 Å². The molecule has 0 spiro atoms. The number of halogens is 2. The monoisotopic (exact) mass is 643 g/mol. The van der Waals surface area contributed by atoms with E-state index in [4.69, 9.17) is 4.74 Å². The lowest BCUT2D eigenvalue weighted by molar-refractivity contribution is 0.00683. The minimum Gasteiger partial charge on any atom is -0.456 e. The van der Waals surface area contributed by atoms with Crippen molar-refractivity contribution in [1.82, 2.24) is 25.2 Å². The van der Waals surface area contributed by atoms with Crippen LogP contribution in [0.5, 0.6) is 0 Å². The van der Waals surface area contributed by atoms with Crippen molar-refractivity contribution in [3.05, 3.63) is 111 Å². The molecular formula is C34H31F2N5O4S. The first-order valence-electron chi connectivity index (χ1n) is 14.7. The highest BCUT2D eigenvalue weighted by Crippen LogP contribution is 2.35. The van der Waals surface area contributed by atoms with Crippen molar-refractivity contribution in [3.63, 3.8) is 0 Å². The number of carbonyl (C=O) groups is 3. The molecule has 5 aromatic rings. The van der Waals surface area contributed by atoms with Gasteiger partial charge in [0.15, 0.2) is 17.3 Å². The lowest BCUT2D eigenvalue weighted by Gasteiger charge is -2.21. The number of hydrogen-bond acceptors (Lipinski definition) is 7. The summed E-state index contributed by atoms with van der Waals surface area (Å²) < 4.78 is 34.1. The maximum absolute atomic E-state index is 13.7. The summed E-state index contributed by atoms with van der Waals surface area (Å²) in [6.45, 7) is 7.26. The van der Waals surface area contributed by atoms with Gasteiger partial charge >= 0.3 is 5.97 Å². The Hall–Kier alpha value is -4.97. The molecular weight excluding hydrogens is 612 g/mol. The number of thiophene rings is 1. The van der Waals surface area contributed by atoms with Crippen LogP contribution in [0.4, 0.5) is 8.78 Å². The highest BCUT2D eigenvalue weighted by molar-refractivity contribution is 7.13. The fourth-order valence-electron chi connectivity index (χ4n) is 5.54. The molecule has 3 aromatic heterocycles. The van der Waals surface area contributed by atoms with Crippen LogP contribution in [0.25, 0.3) is 16.2 Å². The fourth-order valence-corrected chi connectivity index (χ4v) is 6.22. The molecule has 12 heteroatoms. The number of aromatic nitrogens is 3. The molecule has 0 radical (unpaired) electrons. The molecule has 46 heavy (non-hydrogen) atoms. The largest absolute Gasteiger partial charge is 0.456 e. The van der Waals surface area contributed by atoms with Gasteiger partial charge in [-0.05, 0) is 92.4 Å². The zero-order valence-electron chi connectivity index (χ0n) is 25.6. The minimum atomic E-state index is -1.02. The molecule has 0 saturated carbocycles. The van der Waals surface area contributed by atoms with E-state index in [1.165, 1.54) is 28.0 Å². The van der Waals surface area contributed by atoms with E-state index in [-0.39, 0.29) is 24.0 Å². The van der Waals surface area contributed by atoms with Gasteiger partial charge in [0.25, 0.3) is 11.8 Å². The van der Waals surface area contributed by atoms with Crippen LogP contribution in [0.3, 0.4) is 0 Å². The van der Waals surface area contributed by atoms with Crippen LogP contribution in [0, 0.1) is 18.6 Å². The van der Waals surface area contributed by atoms with Crippen LogP contribution in [-0.4, -0.2) is 38.0 Å². The van der Waals surface area contributed by atoms with Gasteiger partial charge in [0.05, 0.1) is 16.5 Å². The Morgan fingerprint density at radius 1 is 1.04 bits per heavy atom. The summed E-state index contributed by atoms with van der Waals surface area (Å²) in [5.74, 6) is -3.46. The van der Waals surface area contributed by atoms with Crippen LogP contribution < -0.4 is 10.6 Å². The van der Waals surface area contributed by atoms with E-state index < -0.39 is 35.0 Å². The maximum Gasteiger partial charge on any atom is 0.338 e. The number of nitrogens with one attached hydrogen (secondary N) is 2. The summed E-state index contributed by atoms with van der Waals surface area (Å²) in [4.78, 5) is 45.3. The van der Waals surface area contributed by atoms with Crippen molar-refractivity contribution < 1.29 is 27.9 Å². The topological polar surface area (TPSA) is 115 Å². The van der Waals surface area contributed by atoms with E-state index in [9.17, 15) is 23.2 Å². The standard InChI is InChI=1S/C34H31F2N5O4S/c1-18-20-10-12-25(22(20)9-8-21(18)33(44)45-34(2,3)4)39-31(42)27-15-28(32(43)37-17-19-7-11-23(35)24(36)14-19)41-30(38-27)16-26(40-41)29-6-5-13-46-29/h5-9,11,13-16,25H,10,12,17H2,1-4H3,(H,37,43)(H,39,42)/t25-/m0/s1. The normalized spacial score (nSPS) is 14.3. The summed E-state index contributed by atoms with van der Waals surface area (Å²) in [7, 11) is 0. The number of benzene rings is 2. The van der Waals surface area contributed by atoms with Gasteiger partial charge in [-0.1, -0.05) is 18.2 Å². The Balaban J connectivity index is 1.28. The van der Waals surface area contributed by atoms with E-state index in [0.717, 1.165) is 33.7 Å². The van der Waals surface area contributed by atoms with E-state index in [1.807, 2.05) is 51.3 Å². The van der Waals surface area contributed by atoms with Gasteiger partial charge in [0.1, 0.15) is 22.7 Å². The second-order valence-corrected chi connectivity index (χ2v) is 13.1. The quantitative estimate of drug-likeness (QED) is 0.200. The molecule has 6 rings (SSSR count). The first-order valence-corrected chi connectivity index (χ1v) is 15.6. The van der Waals surface area contributed by atoms with Crippen molar-refractivity contribution in [1.29, 1.82) is 0 Å². The predicted molar refractivity (Wildman–Crippen MR) is 169 cm³/mol. The predicted octanol–water partition coefficient (Wildman–Crippen LogP) is 6.35. The number of amides is 2. The first kappa shape index (κ1) is 31.0. The molecule has 0 bridgehead atoms. The molecule has 0 fully saturated rings. The molecule has 0 saturated heterocycles. The molecule has 236 valence electrons. The SMILES string of the molecule is Cc1c(C(=O)OC(C)(C)C)ccc2c1CC[C@@H]2NC(=O)c1cc(C(=O)NCc2ccc(F)c(F)c2)n2nc(-c3cccs3)cc2n1. The van der Waals surface area contributed by atoms with Gasteiger partial charge in [-0.25, -0.2) is 23.1 Å². The first-order chi connectivity index (χ1) is 21.9. The van der Waals surface area contributed by atoms with Gasteiger partial charge in [-0.3, -0.25) is 9.59 Å². The number of fused-ring (bicyclic) bond motifs is 2. The average Bonchev–Trinajstić information content (AvgIpc) is 3.76. The van der Waals surface area contributed by atoms with E-state index in [0.29, 0.717) is 35.3 Å². The highest BCUT2D eigenvalue weighted by Gasteiger charge is 2.30. The highest BCUT2D eigenvalue weighted by atomic mass is 32.1. The van der Waals surface area contributed by atoms with Crippen LogP contribution in [-0.2, 0) is 17.7 Å². The maximum atomic E-state index is 13.7. The van der Waals surface area contributed by atoms with E-state index >= 15 is 0 Å². The molecule has 2 N–H and O–H groups in total. The molecule has 0 unspecified atom stereocenters. The molecule has 1 atom stereocenters. The number of carbonyl (C=O) groups excluding carboxylic acids is 3. The van der Waals surface area contributed by atoms with Gasteiger partial charge < -0.3 is 15.4 Å². The van der Waals surface area contributed by atoms with E-state index in [1.54, 1.807) is 12.1 Å². The molecule has 3 heterocycles. The molecule has 1 aliphatic rings. The van der Waals surface area contributed by atoms with Crippen molar-refractivity contribution in [2.75, 3.05) is 0 Å². The summed E-state index contributed by atoms with van der Waals surface area (Å²) in [5, 5.41) is 12.2. The zero-order chi connectivity index (χ0) is 32.7. The van der Waals surface area contributed by atoms with Crippen LogP contribution in [0.1, 0.15) is 86.8 Å². The summed E-state index contributed by atoms with van der Waals surface area (Å²) >= 11 is 1.47. The van der Waals surface area contributed by atoms with Gasteiger partial charge in [-0.2, -0.15) is 5.10 Å². The lowest BCUT2D eigenvalue weighted by Crippen LogP contribution is -2.30. The molecule has 1 aliphatic carbocycles. The van der Waals surface area contributed by atoms with Crippen LogP contribution in [0.15, 0.2) is 60.0 Å². The zero-order valence-corrected chi connectivity index (χ0v) is 26.4. The number of rotatable bonds is 7. The van der Waals surface area contributed by atoms with Crippen LogP contribution >= 0.6 is 11.3 Å². The van der Waals surface area contributed by atoms with Crippen molar-refractivity contribution in [2.24, 2.45) is 0 Å². The Morgan fingerprint density at radius 2 is 1.85 bits per heavy atom. The summed E-state index contributed by atoms with van der Waals surface area (Å²) in [6, 6.07) is 13.4. The average molecular weight is 644 g/mol. The smallest absolute Gasteiger partial charge is 0.338 e. The second kappa shape index (κ2) is 12.1. The molecule has 2 aromatic carbocycles. The number of hydrogen-bond donors (Lipinski definition) is 2. The molecule has 2 amide bonds. The van der Waals surface area contributed by atoms with Gasteiger partial charge in [0.2, 0.25) is 0 Å². The number of ether oxygens (including phenoxy) is 1. The third-order valence-electron chi connectivity index (χ3n) is 7.72. The molecule has 9 nitrogen and oxygen atoms in total. The molecule has 0 aliphatic heterocycles. The van der Waals surface area contributed by atoms with Crippen LogP contribution in [0.2, 0.25) is 0 Å². The fraction of sp³-hybridized carbons (Fsp3) is 0.265. The van der Waals surface area contributed by atoms with Gasteiger partial charge in [0, 0.05) is 18.7 Å². The van der Waals surface area contributed by atoms with E-state index in [2.05, 4.69) is 20.7 Å². The van der Waals surface area contributed by atoms with Crippen molar-refractivity contribution in [2.45, 2.75) is 58.7 Å². The third kappa shape index (κ3) is 6.25. The second-order valence-electron chi connectivity index (χ2n) is 12.1. The number of esters is 1. The number of nitrogens with zero attached hydrogens (tertiary/aromatic N) is 3.